The Morgan fingerprint density at radius 2 is 1.86 bits per heavy atom. The molecule has 1 fully saturated rings. The van der Waals surface area contributed by atoms with Gasteiger partial charge in [0.15, 0.2) is 5.96 Å². The molecule has 0 aromatic heterocycles. The zero-order chi connectivity index (χ0) is 15.7. The van der Waals surface area contributed by atoms with E-state index in [9.17, 15) is 0 Å². The Balaban J connectivity index is 2.19. The van der Waals surface area contributed by atoms with Gasteiger partial charge in [-0.05, 0) is 58.2 Å². The van der Waals surface area contributed by atoms with Gasteiger partial charge in [0.1, 0.15) is 0 Å². The normalized spacial score (nSPS) is 19.8. The molecule has 0 amide bonds. The second-order valence-corrected chi connectivity index (χ2v) is 7.07. The highest BCUT2D eigenvalue weighted by atomic mass is 15.2. The van der Waals surface area contributed by atoms with Gasteiger partial charge in [0.25, 0.3) is 0 Å². The average Bonchev–Trinajstić information content (AvgIpc) is 2.44. The molecule has 1 rings (SSSR count). The van der Waals surface area contributed by atoms with Crippen molar-refractivity contribution in [2.45, 2.75) is 58.9 Å². The van der Waals surface area contributed by atoms with Gasteiger partial charge in [0.05, 0.1) is 0 Å². The molecule has 1 aliphatic heterocycles. The molecule has 2 N–H and O–H groups in total. The van der Waals surface area contributed by atoms with Crippen molar-refractivity contribution < 1.29 is 0 Å². The lowest BCUT2D eigenvalue weighted by Gasteiger charge is -2.29. The van der Waals surface area contributed by atoms with Crippen molar-refractivity contribution in [1.82, 2.24) is 15.5 Å². The third-order valence-electron chi connectivity index (χ3n) is 4.42. The third kappa shape index (κ3) is 8.30. The van der Waals surface area contributed by atoms with E-state index in [2.05, 4.69) is 48.3 Å². The third-order valence-corrected chi connectivity index (χ3v) is 4.42. The van der Waals surface area contributed by atoms with E-state index in [1.54, 1.807) is 0 Å². The van der Waals surface area contributed by atoms with Gasteiger partial charge >= 0.3 is 0 Å². The molecular formula is C17H36N4. The van der Waals surface area contributed by atoms with Crippen LogP contribution in [0.5, 0.6) is 0 Å². The lowest BCUT2D eigenvalue weighted by atomic mass is 9.97. The summed E-state index contributed by atoms with van der Waals surface area (Å²) in [7, 11) is 4.08. The Labute approximate surface area is 131 Å². The Hall–Kier alpha value is -0.770. The first-order chi connectivity index (χ1) is 10.0. The molecule has 21 heavy (non-hydrogen) atoms. The number of guanidine groups is 1. The largest absolute Gasteiger partial charge is 0.356 e. The van der Waals surface area contributed by atoms with Crippen LogP contribution in [0.4, 0.5) is 0 Å². The zero-order valence-electron chi connectivity index (χ0n) is 14.8. The molecule has 1 aliphatic rings. The van der Waals surface area contributed by atoms with Crippen molar-refractivity contribution >= 4 is 5.96 Å². The maximum absolute atomic E-state index is 4.35. The Kier molecular flexibility index (Phi) is 8.74. The molecule has 0 spiro atoms. The predicted octanol–water partition coefficient (Wildman–Crippen LogP) is 2.71. The Morgan fingerprint density at radius 1 is 1.19 bits per heavy atom. The minimum Gasteiger partial charge on any atom is -0.356 e. The van der Waals surface area contributed by atoms with Gasteiger partial charge in [0, 0.05) is 19.6 Å². The molecule has 0 bridgehead atoms. The van der Waals surface area contributed by atoms with Crippen LogP contribution >= 0.6 is 0 Å². The number of aliphatic imine (C=N–C) groups is 1. The fourth-order valence-corrected chi connectivity index (χ4v) is 2.84. The van der Waals surface area contributed by atoms with Gasteiger partial charge in [-0.25, -0.2) is 0 Å². The fraction of sp³-hybridized carbons (Fsp3) is 0.941. The zero-order valence-corrected chi connectivity index (χ0v) is 14.8. The standard InChI is InChI=1S/C17H36N4/c1-14(2)7-6-8-15(3)20-17(18-4)19-13-16-9-11-21(5)12-10-16/h14-16H,6-13H2,1-5H3,(H2,18,19,20). The van der Waals surface area contributed by atoms with Crippen molar-refractivity contribution in [3.63, 3.8) is 0 Å². The van der Waals surface area contributed by atoms with Gasteiger partial charge in [-0.15, -0.1) is 0 Å². The summed E-state index contributed by atoms with van der Waals surface area (Å²) >= 11 is 0. The van der Waals surface area contributed by atoms with E-state index in [1.165, 1.54) is 45.2 Å². The van der Waals surface area contributed by atoms with Crippen LogP contribution in [0.2, 0.25) is 0 Å². The molecule has 4 nitrogen and oxygen atoms in total. The van der Waals surface area contributed by atoms with Crippen molar-refractivity contribution in [2.24, 2.45) is 16.8 Å². The molecule has 124 valence electrons. The van der Waals surface area contributed by atoms with E-state index >= 15 is 0 Å². The summed E-state index contributed by atoms with van der Waals surface area (Å²) in [6.07, 6.45) is 6.41. The summed E-state index contributed by atoms with van der Waals surface area (Å²) in [5.41, 5.74) is 0. The summed E-state index contributed by atoms with van der Waals surface area (Å²) in [5, 5.41) is 7.02. The summed E-state index contributed by atoms with van der Waals surface area (Å²) < 4.78 is 0. The molecule has 0 saturated carbocycles. The summed E-state index contributed by atoms with van der Waals surface area (Å²) in [4.78, 5) is 6.77. The van der Waals surface area contributed by atoms with Gasteiger partial charge in [-0.2, -0.15) is 0 Å². The highest BCUT2D eigenvalue weighted by molar-refractivity contribution is 5.79. The number of hydrogen-bond donors (Lipinski definition) is 2. The van der Waals surface area contributed by atoms with Crippen LogP contribution in [0.3, 0.4) is 0 Å². The number of likely N-dealkylation sites (tertiary alicyclic amines) is 1. The van der Waals surface area contributed by atoms with Crippen LogP contribution in [0.1, 0.15) is 52.9 Å². The Bertz CT molecular complexity index is 293. The first-order valence-electron chi connectivity index (χ1n) is 8.67. The molecule has 1 heterocycles. The van der Waals surface area contributed by atoms with E-state index in [0.717, 1.165) is 24.3 Å². The van der Waals surface area contributed by atoms with Gasteiger partial charge < -0.3 is 15.5 Å². The monoisotopic (exact) mass is 296 g/mol. The maximum Gasteiger partial charge on any atom is 0.191 e. The van der Waals surface area contributed by atoms with Crippen molar-refractivity contribution in [3.8, 4) is 0 Å². The molecule has 0 aromatic carbocycles. The smallest absolute Gasteiger partial charge is 0.191 e. The summed E-state index contributed by atoms with van der Waals surface area (Å²) in [6, 6.07) is 0.493. The molecule has 0 aliphatic carbocycles. The van der Waals surface area contributed by atoms with Crippen molar-refractivity contribution in [3.05, 3.63) is 0 Å². The maximum atomic E-state index is 4.35. The molecule has 1 saturated heterocycles. The van der Waals surface area contributed by atoms with Gasteiger partial charge in [0.2, 0.25) is 0 Å². The SMILES string of the molecule is CN=C(NCC1CCN(C)CC1)NC(C)CCCC(C)C. The lowest BCUT2D eigenvalue weighted by Crippen LogP contribution is -2.45. The van der Waals surface area contributed by atoms with E-state index in [0.29, 0.717) is 6.04 Å². The van der Waals surface area contributed by atoms with Crippen molar-refractivity contribution in [2.75, 3.05) is 33.7 Å². The second-order valence-electron chi connectivity index (χ2n) is 7.07. The minimum atomic E-state index is 0.493. The average molecular weight is 297 g/mol. The number of rotatable bonds is 7. The molecular weight excluding hydrogens is 260 g/mol. The molecule has 4 heteroatoms. The van der Waals surface area contributed by atoms with Crippen LogP contribution in [0.25, 0.3) is 0 Å². The molecule has 1 atom stereocenters. The quantitative estimate of drug-likeness (QED) is 0.560. The fourth-order valence-electron chi connectivity index (χ4n) is 2.84. The van der Waals surface area contributed by atoms with Crippen LogP contribution < -0.4 is 10.6 Å². The molecule has 0 aromatic rings. The van der Waals surface area contributed by atoms with Gasteiger partial charge in [-0.3, -0.25) is 4.99 Å². The van der Waals surface area contributed by atoms with E-state index in [4.69, 9.17) is 0 Å². The second kappa shape index (κ2) is 10.0. The minimum absolute atomic E-state index is 0.493. The van der Waals surface area contributed by atoms with Crippen LogP contribution in [-0.2, 0) is 0 Å². The number of piperidine rings is 1. The topological polar surface area (TPSA) is 39.7 Å². The number of nitrogens with zero attached hydrogens (tertiary/aromatic N) is 2. The molecule has 0 radical (unpaired) electrons. The van der Waals surface area contributed by atoms with E-state index in [1.807, 2.05) is 7.05 Å². The van der Waals surface area contributed by atoms with Crippen LogP contribution in [-0.4, -0.2) is 50.6 Å². The summed E-state index contributed by atoms with van der Waals surface area (Å²) in [5.74, 6) is 2.56. The van der Waals surface area contributed by atoms with Crippen LogP contribution in [0, 0.1) is 11.8 Å². The number of nitrogens with one attached hydrogen (secondary N) is 2. The first-order valence-corrected chi connectivity index (χ1v) is 8.67. The van der Waals surface area contributed by atoms with Crippen LogP contribution in [0.15, 0.2) is 4.99 Å². The lowest BCUT2D eigenvalue weighted by molar-refractivity contribution is 0.220. The number of hydrogen-bond acceptors (Lipinski definition) is 2. The highest BCUT2D eigenvalue weighted by Gasteiger charge is 2.17. The van der Waals surface area contributed by atoms with Crippen molar-refractivity contribution in [1.29, 1.82) is 0 Å². The highest BCUT2D eigenvalue weighted by Crippen LogP contribution is 2.14. The first kappa shape index (κ1) is 18.3. The van der Waals surface area contributed by atoms with E-state index < -0.39 is 0 Å². The summed E-state index contributed by atoms with van der Waals surface area (Å²) in [6.45, 7) is 10.3. The van der Waals surface area contributed by atoms with Gasteiger partial charge in [-0.1, -0.05) is 26.7 Å². The predicted molar refractivity (Wildman–Crippen MR) is 92.9 cm³/mol. The molecule has 1 unspecified atom stereocenters. The van der Waals surface area contributed by atoms with E-state index in [-0.39, 0.29) is 0 Å². The Morgan fingerprint density at radius 3 is 2.43 bits per heavy atom.